The van der Waals surface area contributed by atoms with Crippen molar-refractivity contribution in [1.82, 2.24) is 0 Å². The molecule has 0 aromatic heterocycles. The van der Waals surface area contributed by atoms with Gasteiger partial charge >= 0.3 is 5.97 Å². The molecule has 0 fully saturated rings. The van der Waals surface area contributed by atoms with Gasteiger partial charge in [-0.15, -0.1) is 6.04 Å². The summed E-state index contributed by atoms with van der Waals surface area (Å²) in [6, 6.07) is -0.0952. The third-order valence-corrected chi connectivity index (χ3v) is 4.01. The molecule has 18 heavy (non-hydrogen) atoms. The van der Waals surface area contributed by atoms with Crippen molar-refractivity contribution >= 4 is 5.97 Å². The van der Waals surface area contributed by atoms with Gasteiger partial charge < -0.3 is 10.5 Å². The van der Waals surface area contributed by atoms with E-state index < -0.39 is 0 Å². The van der Waals surface area contributed by atoms with E-state index in [1.54, 1.807) is 0 Å². The molecule has 1 radical (unpaired) electrons. The molecule has 0 saturated carbocycles. The van der Waals surface area contributed by atoms with E-state index >= 15 is 0 Å². The Labute approximate surface area is 146 Å². The molecule has 0 amide bonds. The van der Waals surface area contributed by atoms with Crippen LogP contribution in [0.3, 0.4) is 0 Å². The predicted molar refractivity (Wildman–Crippen MR) is 69.6 cm³/mol. The van der Waals surface area contributed by atoms with Crippen LogP contribution in [0.1, 0.15) is 40.0 Å². The molecule has 0 aromatic carbocycles. The molecule has 0 saturated heterocycles. The zero-order valence-corrected chi connectivity index (χ0v) is 16.6. The maximum Gasteiger partial charge on any atom is 0.333 e. The minimum Gasteiger partial charge on any atom is -0.674 e. The zero-order chi connectivity index (χ0) is 13.0. The number of hydrogen-bond acceptors (Lipinski definition) is 2. The summed E-state index contributed by atoms with van der Waals surface area (Å²) >= 11 is 0. The summed E-state index contributed by atoms with van der Waals surface area (Å²) in [7, 11) is 1.42. The quantitative estimate of drug-likeness (QED) is 0.583. The fraction of sp³-hybridized carbons (Fsp3) is 0.786. The molecule has 3 atom stereocenters. The first-order valence-corrected chi connectivity index (χ1v) is 6.55. The standard InChI is InChI=1S/C14H24NO2.Ac/c1-5-10(6-2)13(15)12-8-11(7-9(12)3)14(16)17-4;/h8-10,12-13,15H,5-7H2,1-4H3;/q-1;/t9-,12-,13?;/m1./s1. The first kappa shape index (κ1) is 18.6. The van der Waals surface area contributed by atoms with Crippen molar-refractivity contribution < 1.29 is 53.6 Å². The first-order chi connectivity index (χ1) is 8.04. The zero-order valence-electron chi connectivity index (χ0n) is 11.9. The Bertz CT molecular complexity index is 300. The predicted octanol–water partition coefficient (Wildman–Crippen LogP) is 3.60. The van der Waals surface area contributed by atoms with E-state index in [2.05, 4.69) is 20.8 Å². The molecule has 0 spiro atoms. The molecule has 1 aliphatic carbocycles. The SMILES string of the molecule is CCC(CC)C([NH-])[C@@H]1C=C(C(=O)OC)C[C@H]1C.[Ac]. The summed E-state index contributed by atoms with van der Waals surface area (Å²) in [5.74, 6) is 0.785. The van der Waals surface area contributed by atoms with Gasteiger partial charge in [-0.25, -0.2) is 4.79 Å². The normalized spacial score (nSPS) is 24.4. The van der Waals surface area contributed by atoms with Gasteiger partial charge in [0.2, 0.25) is 0 Å². The molecule has 1 rings (SSSR count). The van der Waals surface area contributed by atoms with E-state index in [9.17, 15) is 4.79 Å². The number of hydrogen-bond donors (Lipinski definition) is 0. The van der Waals surface area contributed by atoms with Crippen LogP contribution in [-0.4, -0.2) is 19.1 Å². The second kappa shape index (κ2) is 8.72. The monoisotopic (exact) mass is 465 g/mol. The Morgan fingerprint density at radius 3 is 2.50 bits per heavy atom. The van der Waals surface area contributed by atoms with Crippen molar-refractivity contribution in [2.24, 2.45) is 17.8 Å². The fourth-order valence-electron chi connectivity index (χ4n) is 2.80. The van der Waals surface area contributed by atoms with E-state index in [1.165, 1.54) is 7.11 Å². The van der Waals surface area contributed by atoms with Crippen LogP contribution in [0.4, 0.5) is 0 Å². The number of nitrogens with one attached hydrogen (secondary N) is 1. The maximum absolute atomic E-state index is 11.5. The van der Waals surface area contributed by atoms with Crippen LogP contribution in [0.15, 0.2) is 11.6 Å². The second-order valence-corrected chi connectivity index (χ2v) is 5.04. The molecule has 0 bridgehead atoms. The van der Waals surface area contributed by atoms with Crippen LogP contribution in [0.25, 0.3) is 5.73 Å². The van der Waals surface area contributed by atoms with Gasteiger partial charge in [-0.3, -0.25) is 0 Å². The molecule has 1 unspecified atom stereocenters. The summed E-state index contributed by atoms with van der Waals surface area (Å²) in [6.45, 7) is 6.40. The number of methoxy groups -OCH3 is 1. The average molecular weight is 465 g/mol. The Hall–Kier alpha value is 0.612. The topological polar surface area (TPSA) is 50.1 Å². The van der Waals surface area contributed by atoms with Gasteiger partial charge in [-0.1, -0.05) is 45.6 Å². The van der Waals surface area contributed by atoms with Gasteiger partial charge in [0.05, 0.1) is 7.11 Å². The molecule has 0 aromatic rings. The summed E-state index contributed by atoms with van der Waals surface area (Å²) in [5, 5.41) is 0. The molecular weight excluding hydrogens is 441 g/mol. The van der Waals surface area contributed by atoms with E-state index in [0.717, 1.165) is 24.8 Å². The second-order valence-electron chi connectivity index (χ2n) is 5.04. The molecular formula is C14H24AcNO2-. The average Bonchev–Trinajstić information content (AvgIpc) is 2.71. The Kier molecular flexibility index (Phi) is 9.01. The van der Waals surface area contributed by atoms with Crippen molar-refractivity contribution in [3.63, 3.8) is 0 Å². The third kappa shape index (κ3) is 4.32. The summed E-state index contributed by atoms with van der Waals surface area (Å²) in [6.07, 6.45) is 4.81. The van der Waals surface area contributed by atoms with Gasteiger partial charge in [0.1, 0.15) is 0 Å². The van der Waals surface area contributed by atoms with Crippen molar-refractivity contribution in [2.75, 3.05) is 7.11 Å². The summed E-state index contributed by atoms with van der Waals surface area (Å²) < 4.78 is 4.76. The largest absolute Gasteiger partial charge is 0.674 e. The van der Waals surface area contributed by atoms with E-state index in [0.29, 0.717) is 11.8 Å². The summed E-state index contributed by atoms with van der Waals surface area (Å²) in [5.41, 5.74) is 9.11. The molecule has 4 heteroatoms. The fourth-order valence-corrected chi connectivity index (χ4v) is 2.80. The molecule has 101 valence electrons. The van der Waals surface area contributed by atoms with E-state index in [4.69, 9.17) is 10.5 Å². The van der Waals surface area contributed by atoms with Gasteiger partial charge in [-0.2, -0.15) is 0 Å². The molecule has 0 heterocycles. The Morgan fingerprint density at radius 2 is 2.06 bits per heavy atom. The van der Waals surface area contributed by atoms with E-state index in [-0.39, 0.29) is 62.0 Å². The first-order valence-electron chi connectivity index (χ1n) is 6.55. The van der Waals surface area contributed by atoms with Crippen molar-refractivity contribution in [3.05, 3.63) is 17.4 Å². The van der Waals surface area contributed by atoms with Crippen molar-refractivity contribution in [2.45, 2.75) is 46.1 Å². The van der Waals surface area contributed by atoms with Crippen LogP contribution >= 0.6 is 0 Å². The number of ether oxygens (including phenoxy) is 1. The number of esters is 1. The van der Waals surface area contributed by atoms with Crippen LogP contribution in [0.5, 0.6) is 0 Å². The maximum atomic E-state index is 11.5. The minimum absolute atomic E-state index is 0. The van der Waals surface area contributed by atoms with Gasteiger partial charge in [-0.05, 0) is 18.3 Å². The molecule has 0 aliphatic heterocycles. The van der Waals surface area contributed by atoms with Gasteiger partial charge in [0.25, 0.3) is 0 Å². The summed E-state index contributed by atoms with van der Waals surface area (Å²) in [4.78, 5) is 11.5. The number of rotatable bonds is 5. The molecule has 1 aliphatic rings. The Balaban J connectivity index is 0.00000289. The molecule has 1 N–H and O–H groups in total. The van der Waals surface area contributed by atoms with Crippen LogP contribution < -0.4 is 0 Å². The number of carbonyl (C=O) groups is 1. The minimum atomic E-state index is -0.226. The van der Waals surface area contributed by atoms with Crippen molar-refractivity contribution in [1.29, 1.82) is 0 Å². The third-order valence-electron chi connectivity index (χ3n) is 4.01. The van der Waals surface area contributed by atoms with E-state index in [1.807, 2.05) is 6.08 Å². The smallest absolute Gasteiger partial charge is 0.333 e. The number of carbonyl (C=O) groups excluding carboxylic acids is 1. The Morgan fingerprint density at radius 1 is 1.50 bits per heavy atom. The van der Waals surface area contributed by atoms with Crippen LogP contribution in [0.2, 0.25) is 0 Å². The van der Waals surface area contributed by atoms with Crippen molar-refractivity contribution in [3.8, 4) is 0 Å². The van der Waals surface area contributed by atoms with Gasteiger partial charge in [0, 0.05) is 49.6 Å². The van der Waals surface area contributed by atoms with Crippen LogP contribution in [0, 0.1) is 61.8 Å². The molecule has 3 nitrogen and oxygen atoms in total. The van der Waals surface area contributed by atoms with Crippen LogP contribution in [-0.2, 0) is 9.53 Å². The van der Waals surface area contributed by atoms with Gasteiger partial charge in [0.15, 0.2) is 0 Å².